The highest BCUT2D eigenvalue weighted by Gasteiger charge is 2.28. The van der Waals surface area contributed by atoms with Crippen molar-refractivity contribution < 1.29 is 9.47 Å². The number of rotatable bonds is 3. The summed E-state index contributed by atoms with van der Waals surface area (Å²) < 4.78 is 11.2. The lowest BCUT2D eigenvalue weighted by atomic mass is 9.90. The number of hydrogen-bond acceptors (Lipinski definition) is 2. The number of ether oxygens (including phenoxy) is 2. The molecule has 0 N–H and O–H groups in total. The molecule has 0 aliphatic carbocycles. The van der Waals surface area contributed by atoms with E-state index in [1.54, 1.807) is 7.11 Å². The predicted octanol–water partition coefficient (Wildman–Crippen LogP) is 3.40. The van der Waals surface area contributed by atoms with Gasteiger partial charge in [-0.2, -0.15) is 0 Å². The van der Waals surface area contributed by atoms with Crippen LogP contribution < -0.4 is 4.74 Å². The van der Waals surface area contributed by atoms with Crippen LogP contribution in [0.3, 0.4) is 0 Å². The molecule has 2 nitrogen and oxygen atoms in total. The summed E-state index contributed by atoms with van der Waals surface area (Å²) in [6, 6.07) is 8.02. The Morgan fingerprint density at radius 1 is 1.44 bits per heavy atom. The molecular formula is C13H17ClO2. The van der Waals surface area contributed by atoms with E-state index in [1.807, 2.05) is 18.2 Å². The van der Waals surface area contributed by atoms with E-state index < -0.39 is 0 Å². The number of hydrogen-bond donors (Lipinski definition) is 0. The highest BCUT2D eigenvalue weighted by Crippen LogP contribution is 2.38. The fraction of sp³-hybridized carbons (Fsp3) is 0.538. The van der Waals surface area contributed by atoms with Gasteiger partial charge in [0.1, 0.15) is 5.75 Å². The van der Waals surface area contributed by atoms with Gasteiger partial charge in [0.25, 0.3) is 0 Å². The molecule has 0 spiro atoms. The number of halogens is 1. The zero-order valence-electron chi connectivity index (χ0n) is 9.49. The summed E-state index contributed by atoms with van der Waals surface area (Å²) in [7, 11) is 1.69. The fourth-order valence-corrected chi connectivity index (χ4v) is 2.56. The number of para-hydroxylation sites is 1. The Labute approximate surface area is 102 Å². The van der Waals surface area contributed by atoms with Crippen molar-refractivity contribution in [3.8, 4) is 5.75 Å². The van der Waals surface area contributed by atoms with Crippen molar-refractivity contribution in [2.75, 3.05) is 19.6 Å². The van der Waals surface area contributed by atoms with Gasteiger partial charge >= 0.3 is 0 Å². The second-order valence-electron chi connectivity index (χ2n) is 4.09. The van der Waals surface area contributed by atoms with Crippen LogP contribution in [0.1, 0.15) is 24.5 Å². The van der Waals surface area contributed by atoms with Gasteiger partial charge in [0.2, 0.25) is 0 Å². The summed E-state index contributed by atoms with van der Waals surface area (Å²) in [6.45, 7) is 0.816. The molecule has 1 saturated heterocycles. The zero-order chi connectivity index (χ0) is 11.4. The van der Waals surface area contributed by atoms with Gasteiger partial charge in [-0.15, -0.1) is 11.6 Å². The topological polar surface area (TPSA) is 18.5 Å². The van der Waals surface area contributed by atoms with Gasteiger partial charge in [-0.3, -0.25) is 0 Å². The van der Waals surface area contributed by atoms with Crippen molar-refractivity contribution in [2.45, 2.75) is 18.9 Å². The van der Waals surface area contributed by atoms with Gasteiger partial charge in [-0.05, 0) is 18.9 Å². The Hall–Kier alpha value is -0.730. The molecule has 0 bridgehead atoms. The second kappa shape index (κ2) is 5.55. The first-order valence-corrected chi connectivity index (χ1v) is 6.20. The first kappa shape index (κ1) is 11.7. The monoisotopic (exact) mass is 240 g/mol. The standard InChI is InChI=1S/C13H17ClO2/c1-15-12-7-3-2-6-11(12)13-10(9-14)5-4-8-16-13/h2-3,6-7,10,13H,4-5,8-9H2,1H3. The predicted molar refractivity (Wildman–Crippen MR) is 65.1 cm³/mol. The summed E-state index contributed by atoms with van der Waals surface area (Å²) in [4.78, 5) is 0. The minimum Gasteiger partial charge on any atom is -0.496 e. The minimum atomic E-state index is 0.0856. The summed E-state index contributed by atoms with van der Waals surface area (Å²) in [5.41, 5.74) is 1.12. The average Bonchev–Trinajstić information content (AvgIpc) is 2.38. The van der Waals surface area contributed by atoms with E-state index >= 15 is 0 Å². The van der Waals surface area contributed by atoms with E-state index in [1.165, 1.54) is 0 Å². The molecular weight excluding hydrogens is 224 g/mol. The Morgan fingerprint density at radius 2 is 2.25 bits per heavy atom. The van der Waals surface area contributed by atoms with Gasteiger partial charge in [-0.25, -0.2) is 0 Å². The van der Waals surface area contributed by atoms with Crippen LogP contribution in [0, 0.1) is 5.92 Å². The van der Waals surface area contributed by atoms with E-state index in [4.69, 9.17) is 21.1 Å². The van der Waals surface area contributed by atoms with Crippen molar-refractivity contribution in [3.05, 3.63) is 29.8 Å². The van der Waals surface area contributed by atoms with Crippen molar-refractivity contribution in [1.82, 2.24) is 0 Å². The van der Waals surface area contributed by atoms with Crippen molar-refractivity contribution in [1.29, 1.82) is 0 Å². The maximum absolute atomic E-state index is 6.00. The zero-order valence-corrected chi connectivity index (χ0v) is 10.2. The highest BCUT2D eigenvalue weighted by atomic mass is 35.5. The molecule has 1 aliphatic rings. The van der Waals surface area contributed by atoms with Crippen molar-refractivity contribution in [3.63, 3.8) is 0 Å². The molecule has 3 heteroatoms. The van der Waals surface area contributed by atoms with Crippen LogP contribution in [-0.2, 0) is 4.74 Å². The van der Waals surface area contributed by atoms with Crippen LogP contribution in [0.15, 0.2) is 24.3 Å². The summed E-state index contributed by atoms with van der Waals surface area (Å²) in [5, 5.41) is 0. The normalized spacial score (nSPS) is 25.4. The van der Waals surface area contributed by atoms with Gasteiger partial charge in [-0.1, -0.05) is 18.2 Å². The maximum Gasteiger partial charge on any atom is 0.124 e. The number of alkyl halides is 1. The molecule has 1 fully saturated rings. The van der Waals surface area contributed by atoms with Gasteiger partial charge in [0.15, 0.2) is 0 Å². The van der Waals surface area contributed by atoms with Crippen LogP contribution in [0.5, 0.6) is 5.75 Å². The van der Waals surface area contributed by atoms with Crippen LogP contribution in [0.25, 0.3) is 0 Å². The van der Waals surface area contributed by atoms with Crippen LogP contribution in [-0.4, -0.2) is 19.6 Å². The molecule has 0 radical (unpaired) electrons. The summed E-state index contributed by atoms with van der Waals surface area (Å²) in [5.74, 6) is 1.93. The maximum atomic E-state index is 6.00. The van der Waals surface area contributed by atoms with Crippen LogP contribution >= 0.6 is 11.6 Å². The van der Waals surface area contributed by atoms with Gasteiger partial charge in [0, 0.05) is 24.0 Å². The van der Waals surface area contributed by atoms with E-state index in [0.29, 0.717) is 11.8 Å². The minimum absolute atomic E-state index is 0.0856. The third-order valence-electron chi connectivity index (χ3n) is 3.09. The Morgan fingerprint density at radius 3 is 3.00 bits per heavy atom. The third-order valence-corrected chi connectivity index (χ3v) is 3.48. The van der Waals surface area contributed by atoms with E-state index in [-0.39, 0.29) is 6.10 Å². The Balaban J connectivity index is 2.26. The van der Waals surface area contributed by atoms with E-state index in [9.17, 15) is 0 Å². The molecule has 0 saturated carbocycles. The second-order valence-corrected chi connectivity index (χ2v) is 4.40. The molecule has 16 heavy (non-hydrogen) atoms. The van der Waals surface area contributed by atoms with Crippen molar-refractivity contribution in [2.24, 2.45) is 5.92 Å². The van der Waals surface area contributed by atoms with Crippen molar-refractivity contribution >= 4 is 11.6 Å². The molecule has 0 amide bonds. The summed E-state index contributed by atoms with van der Waals surface area (Å²) in [6.07, 6.45) is 2.32. The molecule has 2 rings (SSSR count). The fourth-order valence-electron chi connectivity index (χ4n) is 2.25. The molecule has 88 valence electrons. The number of methoxy groups -OCH3 is 1. The van der Waals surface area contributed by atoms with Crippen LogP contribution in [0.2, 0.25) is 0 Å². The third kappa shape index (κ3) is 2.33. The average molecular weight is 241 g/mol. The summed E-state index contributed by atoms with van der Waals surface area (Å²) >= 11 is 6.00. The SMILES string of the molecule is COc1ccccc1C1OCCCC1CCl. The van der Waals surface area contributed by atoms with E-state index in [2.05, 4.69) is 6.07 Å². The molecule has 2 atom stereocenters. The highest BCUT2D eigenvalue weighted by molar-refractivity contribution is 6.18. The quantitative estimate of drug-likeness (QED) is 0.754. The lowest BCUT2D eigenvalue weighted by molar-refractivity contribution is -0.0219. The van der Waals surface area contributed by atoms with E-state index in [0.717, 1.165) is 30.8 Å². The molecule has 1 aromatic carbocycles. The molecule has 1 aliphatic heterocycles. The first-order valence-electron chi connectivity index (χ1n) is 5.67. The first-order chi connectivity index (χ1) is 7.86. The van der Waals surface area contributed by atoms with Crippen LogP contribution in [0.4, 0.5) is 0 Å². The molecule has 1 aromatic rings. The molecule has 1 heterocycles. The lowest BCUT2D eigenvalue weighted by Gasteiger charge is -2.31. The van der Waals surface area contributed by atoms with Gasteiger partial charge < -0.3 is 9.47 Å². The smallest absolute Gasteiger partial charge is 0.124 e. The number of benzene rings is 1. The molecule has 0 aromatic heterocycles. The Bertz CT molecular complexity index is 340. The molecule has 2 unspecified atom stereocenters. The van der Waals surface area contributed by atoms with Gasteiger partial charge in [0.05, 0.1) is 13.2 Å². The Kier molecular flexibility index (Phi) is 4.08. The lowest BCUT2D eigenvalue weighted by Crippen LogP contribution is -2.24. The largest absolute Gasteiger partial charge is 0.496 e.